The lowest BCUT2D eigenvalue weighted by Crippen LogP contribution is -2.11. The maximum atomic E-state index is 12.6. The first-order valence-corrected chi connectivity index (χ1v) is 9.71. The molecule has 22 heavy (non-hydrogen) atoms. The van der Waals surface area contributed by atoms with Gasteiger partial charge in [0, 0.05) is 23.5 Å². The molecule has 0 bridgehead atoms. The lowest BCUT2D eigenvalue weighted by molar-refractivity contribution is 0.597. The number of allylic oxidation sites excluding steroid dienone is 1. The first-order chi connectivity index (χ1) is 10.4. The van der Waals surface area contributed by atoms with Gasteiger partial charge in [0.15, 0.2) is 15.5 Å². The molecular formula is C14H20N4O2S2. The van der Waals surface area contributed by atoms with Crippen molar-refractivity contribution >= 4 is 27.2 Å². The molecule has 0 fully saturated rings. The van der Waals surface area contributed by atoms with Crippen LogP contribution in [0.5, 0.6) is 0 Å². The van der Waals surface area contributed by atoms with Crippen LogP contribution in [-0.4, -0.2) is 35.0 Å². The Labute approximate surface area is 134 Å². The number of nitrogens with zero attached hydrogens (tertiary/aromatic N) is 3. The topological polar surface area (TPSA) is 90.3 Å². The minimum absolute atomic E-state index is 0.0587. The van der Waals surface area contributed by atoms with Gasteiger partial charge in [0.1, 0.15) is 9.92 Å². The zero-order valence-electron chi connectivity index (χ0n) is 13.1. The lowest BCUT2D eigenvalue weighted by atomic mass is 10.2. The number of aromatic nitrogens is 3. The van der Waals surface area contributed by atoms with Gasteiger partial charge in [-0.15, -0.1) is 11.8 Å². The number of fused-ring (bicyclic) bond motifs is 1. The summed E-state index contributed by atoms with van der Waals surface area (Å²) in [5.74, 6) is -0.0587. The highest BCUT2D eigenvalue weighted by Gasteiger charge is 2.27. The van der Waals surface area contributed by atoms with Crippen LogP contribution in [-0.2, 0) is 16.4 Å². The minimum atomic E-state index is -3.49. The number of hydrogen-bond acceptors (Lipinski definition) is 6. The van der Waals surface area contributed by atoms with E-state index in [1.54, 1.807) is 23.6 Å². The second kappa shape index (κ2) is 6.39. The van der Waals surface area contributed by atoms with Crippen molar-refractivity contribution in [2.45, 2.75) is 37.2 Å². The van der Waals surface area contributed by atoms with E-state index in [0.29, 0.717) is 17.2 Å². The fraction of sp³-hybridized carbons (Fsp3) is 0.429. The summed E-state index contributed by atoms with van der Waals surface area (Å²) in [7, 11) is -3.49. The molecule has 6 nitrogen and oxygen atoms in total. The molecule has 0 unspecified atom stereocenters. The molecule has 0 aromatic carbocycles. The summed E-state index contributed by atoms with van der Waals surface area (Å²) in [5, 5.41) is 4.88. The maximum Gasteiger partial charge on any atom is 0.188 e. The van der Waals surface area contributed by atoms with Crippen LogP contribution in [0.25, 0.3) is 5.65 Å². The van der Waals surface area contributed by atoms with Crippen LogP contribution >= 0.6 is 11.8 Å². The second-order valence-corrected chi connectivity index (χ2v) is 7.66. The minimum Gasteiger partial charge on any atom is -0.326 e. The van der Waals surface area contributed by atoms with Crippen LogP contribution in [0, 0.1) is 13.8 Å². The molecule has 0 aliphatic carbocycles. The van der Waals surface area contributed by atoms with Gasteiger partial charge in [0.05, 0.1) is 5.75 Å². The number of sulfone groups is 1. The molecule has 8 heteroatoms. The van der Waals surface area contributed by atoms with Crippen LogP contribution in [0.1, 0.15) is 23.9 Å². The Bertz CT molecular complexity index is 838. The van der Waals surface area contributed by atoms with Crippen molar-refractivity contribution in [2.75, 3.05) is 12.0 Å². The average molecular weight is 340 g/mol. The van der Waals surface area contributed by atoms with E-state index in [1.165, 1.54) is 11.8 Å². The van der Waals surface area contributed by atoms with Crippen molar-refractivity contribution in [1.29, 1.82) is 0 Å². The highest BCUT2D eigenvalue weighted by atomic mass is 32.2. The van der Waals surface area contributed by atoms with E-state index in [4.69, 9.17) is 5.73 Å². The number of hydrogen-bond donors (Lipinski definition) is 1. The van der Waals surface area contributed by atoms with E-state index in [0.717, 1.165) is 17.0 Å². The molecule has 2 N–H and O–H groups in total. The molecule has 0 aliphatic heterocycles. The molecule has 0 radical (unpaired) electrons. The Morgan fingerprint density at radius 2 is 2.05 bits per heavy atom. The van der Waals surface area contributed by atoms with E-state index >= 15 is 0 Å². The van der Waals surface area contributed by atoms with Gasteiger partial charge >= 0.3 is 0 Å². The van der Waals surface area contributed by atoms with E-state index in [9.17, 15) is 8.42 Å². The monoisotopic (exact) mass is 340 g/mol. The van der Waals surface area contributed by atoms with Gasteiger partial charge in [-0.1, -0.05) is 12.2 Å². The summed E-state index contributed by atoms with van der Waals surface area (Å²) in [6.45, 7) is 5.85. The van der Waals surface area contributed by atoms with Gasteiger partial charge < -0.3 is 5.73 Å². The normalized spacial score (nSPS) is 12.6. The molecule has 2 heterocycles. The number of nitrogens with two attached hydrogens (primary N) is 1. The number of thioether (sulfide) groups is 1. The van der Waals surface area contributed by atoms with Gasteiger partial charge in [-0.05, 0) is 27.0 Å². The van der Waals surface area contributed by atoms with Crippen molar-refractivity contribution in [1.82, 2.24) is 14.6 Å². The molecule has 0 spiro atoms. The van der Waals surface area contributed by atoms with Crippen LogP contribution < -0.4 is 5.73 Å². The predicted octanol–water partition coefficient (Wildman–Crippen LogP) is 1.88. The molecule has 120 valence electrons. The van der Waals surface area contributed by atoms with Gasteiger partial charge in [0.2, 0.25) is 0 Å². The largest absolute Gasteiger partial charge is 0.326 e. The Kier molecular flexibility index (Phi) is 4.93. The summed E-state index contributed by atoms with van der Waals surface area (Å²) in [4.78, 5) is 4.66. The second-order valence-electron chi connectivity index (χ2n) is 4.89. The van der Waals surface area contributed by atoms with Crippen LogP contribution in [0.15, 0.2) is 22.1 Å². The lowest BCUT2D eigenvalue weighted by Gasteiger charge is -2.09. The van der Waals surface area contributed by atoms with E-state index in [-0.39, 0.29) is 10.6 Å². The fourth-order valence-corrected chi connectivity index (χ4v) is 4.73. The Balaban J connectivity index is 2.84. The quantitative estimate of drug-likeness (QED) is 0.660. The molecular weight excluding hydrogens is 320 g/mol. The van der Waals surface area contributed by atoms with Crippen molar-refractivity contribution in [3.05, 3.63) is 29.1 Å². The van der Waals surface area contributed by atoms with Gasteiger partial charge in [0.25, 0.3) is 0 Å². The predicted molar refractivity (Wildman–Crippen MR) is 89.0 cm³/mol. The van der Waals surface area contributed by atoms with Crippen molar-refractivity contribution in [2.24, 2.45) is 5.73 Å². The van der Waals surface area contributed by atoms with Crippen molar-refractivity contribution in [3.63, 3.8) is 0 Å². The van der Waals surface area contributed by atoms with Gasteiger partial charge in [-0.2, -0.15) is 5.10 Å². The van der Waals surface area contributed by atoms with Crippen LogP contribution in [0.2, 0.25) is 0 Å². The Morgan fingerprint density at radius 3 is 2.59 bits per heavy atom. The van der Waals surface area contributed by atoms with Crippen LogP contribution in [0.4, 0.5) is 0 Å². The van der Waals surface area contributed by atoms with E-state index < -0.39 is 9.84 Å². The van der Waals surface area contributed by atoms with Gasteiger partial charge in [-0.25, -0.2) is 17.9 Å². The zero-order valence-corrected chi connectivity index (χ0v) is 14.8. The van der Waals surface area contributed by atoms with E-state index in [2.05, 4.69) is 10.1 Å². The summed E-state index contributed by atoms with van der Waals surface area (Å²) in [6.07, 6.45) is 5.15. The smallest absolute Gasteiger partial charge is 0.188 e. The summed E-state index contributed by atoms with van der Waals surface area (Å²) >= 11 is 1.30. The van der Waals surface area contributed by atoms with Crippen LogP contribution in [0.3, 0.4) is 0 Å². The SMILES string of the molecule is C/C=C\CS(=O)(=O)c1c(SC)nn2c(C)c(CN)c(C)nc12. The fourth-order valence-electron chi connectivity index (χ4n) is 2.33. The van der Waals surface area contributed by atoms with Crippen molar-refractivity contribution in [3.8, 4) is 0 Å². The molecule has 2 rings (SSSR count). The Morgan fingerprint density at radius 1 is 1.36 bits per heavy atom. The standard InChI is InChI=1S/C14H20N4O2S2/c1-5-6-7-22(19,20)12-13-16-9(2)11(8-15)10(3)18(13)17-14(12)21-4/h5-6H,7-8,15H2,1-4H3/b6-5-. The Hall–Kier alpha value is -1.38. The van der Waals surface area contributed by atoms with Gasteiger partial charge in [-0.3, -0.25) is 0 Å². The highest BCUT2D eigenvalue weighted by molar-refractivity contribution is 7.99. The average Bonchev–Trinajstić information content (AvgIpc) is 2.85. The molecule has 2 aromatic heterocycles. The molecule has 0 aliphatic rings. The third-order valence-corrected chi connectivity index (χ3v) is 5.94. The van der Waals surface area contributed by atoms with Crippen molar-refractivity contribution < 1.29 is 8.42 Å². The zero-order chi connectivity index (χ0) is 16.5. The third-order valence-electron chi connectivity index (χ3n) is 3.51. The van der Waals surface area contributed by atoms with E-state index in [1.807, 2.05) is 20.1 Å². The third kappa shape index (κ3) is 2.78. The number of aryl methyl sites for hydroxylation is 2. The summed E-state index contributed by atoms with van der Waals surface area (Å²) < 4.78 is 26.9. The molecule has 2 aromatic rings. The summed E-state index contributed by atoms with van der Waals surface area (Å²) in [5.41, 5.74) is 8.59. The first kappa shape index (κ1) is 17.0. The molecule has 0 amide bonds. The first-order valence-electron chi connectivity index (χ1n) is 6.84. The molecule has 0 atom stereocenters. The summed E-state index contributed by atoms with van der Waals surface area (Å²) in [6, 6.07) is 0. The molecule has 0 saturated heterocycles. The number of rotatable bonds is 5. The highest BCUT2D eigenvalue weighted by Crippen LogP contribution is 2.30. The molecule has 0 saturated carbocycles. The maximum absolute atomic E-state index is 12.6.